The number of carbonyl (C=O) groups excluding carboxylic acids is 1. The molecule has 1 saturated carbocycles. The second-order valence-corrected chi connectivity index (χ2v) is 9.24. The number of amides is 1. The molecule has 0 spiro atoms. The van der Waals surface area contributed by atoms with Crippen molar-refractivity contribution in [2.24, 2.45) is 0 Å². The summed E-state index contributed by atoms with van der Waals surface area (Å²) in [4.78, 5) is 14.5. The number of nitrogens with two attached hydrogens (primary N) is 1. The molecule has 1 amide bonds. The highest BCUT2D eigenvalue weighted by Gasteiger charge is 2.31. The van der Waals surface area contributed by atoms with Gasteiger partial charge in [-0.1, -0.05) is 6.07 Å². The zero-order valence-corrected chi connectivity index (χ0v) is 17.3. The van der Waals surface area contributed by atoms with Crippen molar-refractivity contribution in [2.75, 3.05) is 18.8 Å². The Morgan fingerprint density at radius 3 is 2.36 bits per heavy atom. The van der Waals surface area contributed by atoms with Crippen LogP contribution in [0.25, 0.3) is 0 Å². The SMILES string of the molecule is CC(C)(C)OC(=O)N[C@H]1CC[C@H](N2CCC(c3ccc(N)cc3F)CC2)CC1. The van der Waals surface area contributed by atoms with Crippen molar-refractivity contribution in [1.82, 2.24) is 10.2 Å². The number of hydrogen-bond donors (Lipinski definition) is 2. The Kier molecular flexibility index (Phi) is 6.48. The molecule has 1 aromatic rings. The van der Waals surface area contributed by atoms with Crippen molar-refractivity contribution in [3.63, 3.8) is 0 Å². The van der Waals surface area contributed by atoms with Crippen molar-refractivity contribution < 1.29 is 13.9 Å². The Labute approximate surface area is 167 Å². The van der Waals surface area contributed by atoms with Gasteiger partial charge in [0.1, 0.15) is 11.4 Å². The van der Waals surface area contributed by atoms with Gasteiger partial charge in [-0.05, 0) is 96.0 Å². The second kappa shape index (κ2) is 8.68. The Morgan fingerprint density at radius 1 is 1.14 bits per heavy atom. The lowest BCUT2D eigenvalue weighted by molar-refractivity contribution is 0.0470. The van der Waals surface area contributed by atoms with E-state index in [0.717, 1.165) is 57.2 Å². The molecule has 6 heteroatoms. The molecule has 0 atom stereocenters. The summed E-state index contributed by atoms with van der Waals surface area (Å²) >= 11 is 0. The molecule has 0 aromatic heterocycles. The minimum absolute atomic E-state index is 0.174. The highest BCUT2D eigenvalue weighted by Crippen LogP contribution is 2.33. The predicted octanol–water partition coefficient (Wildman–Crippen LogP) is 4.42. The maximum Gasteiger partial charge on any atom is 0.407 e. The third-order valence-corrected chi connectivity index (χ3v) is 5.93. The quantitative estimate of drug-likeness (QED) is 0.749. The molecular formula is C22H34FN3O2. The topological polar surface area (TPSA) is 67.6 Å². The van der Waals surface area contributed by atoms with Crippen LogP contribution in [0.2, 0.25) is 0 Å². The Morgan fingerprint density at radius 2 is 1.79 bits per heavy atom. The van der Waals surface area contributed by atoms with Gasteiger partial charge in [0.15, 0.2) is 0 Å². The van der Waals surface area contributed by atoms with Gasteiger partial charge in [-0.25, -0.2) is 9.18 Å². The van der Waals surface area contributed by atoms with Crippen molar-refractivity contribution >= 4 is 11.8 Å². The maximum absolute atomic E-state index is 14.2. The van der Waals surface area contributed by atoms with E-state index in [2.05, 4.69) is 10.2 Å². The number of halogens is 1. The molecule has 156 valence electrons. The van der Waals surface area contributed by atoms with E-state index in [1.165, 1.54) is 6.07 Å². The monoisotopic (exact) mass is 391 g/mol. The van der Waals surface area contributed by atoms with Gasteiger partial charge in [-0.3, -0.25) is 0 Å². The van der Waals surface area contributed by atoms with Gasteiger partial charge in [-0.2, -0.15) is 0 Å². The van der Waals surface area contributed by atoms with Crippen LogP contribution in [0.4, 0.5) is 14.9 Å². The highest BCUT2D eigenvalue weighted by molar-refractivity contribution is 5.68. The molecule has 0 bridgehead atoms. The highest BCUT2D eigenvalue weighted by atomic mass is 19.1. The standard InChI is InChI=1S/C22H34FN3O2/c1-22(2,3)28-21(27)25-17-5-7-18(8-6-17)26-12-10-15(11-13-26)19-9-4-16(24)14-20(19)23/h4,9,14-15,17-18H,5-8,10-13,24H2,1-3H3,(H,25,27)/t17-,18-. The average molecular weight is 392 g/mol. The predicted molar refractivity (Wildman–Crippen MR) is 110 cm³/mol. The van der Waals surface area contributed by atoms with Crippen LogP contribution in [0.3, 0.4) is 0 Å². The number of ether oxygens (including phenoxy) is 1. The first-order valence-corrected chi connectivity index (χ1v) is 10.5. The fraction of sp³-hybridized carbons (Fsp3) is 0.682. The van der Waals surface area contributed by atoms with E-state index in [1.807, 2.05) is 26.8 Å². The number of nitrogens with one attached hydrogen (secondary N) is 1. The van der Waals surface area contributed by atoms with E-state index in [0.29, 0.717) is 11.7 Å². The van der Waals surface area contributed by atoms with Gasteiger partial charge >= 0.3 is 6.09 Å². The summed E-state index contributed by atoms with van der Waals surface area (Å²) in [5.41, 5.74) is 6.49. The molecule has 2 fully saturated rings. The van der Waals surface area contributed by atoms with Crippen LogP contribution in [-0.4, -0.2) is 41.8 Å². The van der Waals surface area contributed by atoms with Crippen LogP contribution in [0.5, 0.6) is 0 Å². The number of anilines is 1. The van der Waals surface area contributed by atoms with Crippen molar-refractivity contribution in [3.05, 3.63) is 29.6 Å². The average Bonchev–Trinajstić information content (AvgIpc) is 2.61. The van der Waals surface area contributed by atoms with Crippen LogP contribution in [-0.2, 0) is 4.74 Å². The van der Waals surface area contributed by atoms with E-state index in [-0.39, 0.29) is 23.9 Å². The first-order valence-electron chi connectivity index (χ1n) is 10.5. The van der Waals surface area contributed by atoms with Gasteiger partial charge in [-0.15, -0.1) is 0 Å². The zero-order valence-electron chi connectivity index (χ0n) is 17.3. The summed E-state index contributed by atoms with van der Waals surface area (Å²) in [6, 6.07) is 5.84. The van der Waals surface area contributed by atoms with Crippen LogP contribution in [0.1, 0.15) is 70.8 Å². The Hall–Kier alpha value is -1.82. The number of rotatable bonds is 3. The molecule has 28 heavy (non-hydrogen) atoms. The second-order valence-electron chi connectivity index (χ2n) is 9.24. The number of likely N-dealkylation sites (tertiary alicyclic amines) is 1. The molecule has 1 aromatic carbocycles. The largest absolute Gasteiger partial charge is 0.444 e. The Balaban J connectivity index is 1.43. The molecule has 5 nitrogen and oxygen atoms in total. The molecule has 1 aliphatic heterocycles. The molecule has 3 rings (SSSR count). The number of benzene rings is 1. The molecule has 1 saturated heterocycles. The van der Waals surface area contributed by atoms with Gasteiger partial charge in [0.2, 0.25) is 0 Å². The van der Waals surface area contributed by atoms with Crippen LogP contribution in [0, 0.1) is 5.82 Å². The van der Waals surface area contributed by atoms with Gasteiger partial charge < -0.3 is 20.7 Å². The van der Waals surface area contributed by atoms with E-state index in [1.54, 1.807) is 6.07 Å². The lowest BCUT2D eigenvalue weighted by Crippen LogP contribution is -2.47. The van der Waals surface area contributed by atoms with E-state index >= 15 is 0 Å². The number of alkyl carbamates (subject to hydrolysis) is 1. The molecule has 3 N–H and O–H groups in total. The van der Waals surface area contributed by atoms with Crippen molar-refractivity contribution in [1.29, 1.82) is 0 Å². The molecule has 0 radical (unpaired) electrons. The first kappa shape index (κ1) is 20.9. The first-order chi connectivity index (χ1) is 13.2. The number of nitrogen functional groups attached to an aromatic ring is 1. The lowest BCUT2D eigenvalue weighted by atomic mass is 9.85. The van der Waals surface area contributed by atoms with E-state index in [9.17, 15) is 9.18 Å². The summed E-state index contributed by atoms with van der Waals surface area (Å²) < 4.78 is 19.6. The minimum atomic E-state index is -0.463. The molecule has 1 aliphatic carbocycles. The third kappa shape index (κ3) is 5.60. The number of piperidine rings is 1. The van der Waals surface area contributed by atoms with Crippen LogP contribution < -0.4 is 11.1 Å². The van der Waals surface area contributed by atoms with Crippen molar-refractivity contribution in [3.8, 4) is 0 Å². The van der Waals surface area contributed by atoms with Crippen LogP contribution in [0.15, 0.2) is 18.2 Å². The summed E-state index contributed by atoms with van der Waals surface area (Å²) in [7, 11) is 0. The summed E-state index contributed by atoms with van der Waals surface area (Å²) in [6.45, 7) is 7.64. The molecule has 0 unspecified atom stereocenters. The molecular weight excluding hydrogens is 357 g/mol. The van der Waals surface area contributed by atoms with Crippen molar-refractivity contribution in [2.45, 2.75) is 82.9 Å². The molecule has 2 aliphatic rings. The van der Waals surface area contributed by atoms with E-state index in [4.69, 9.17) is 10.5 Å². The summed E-state index contributed by atoms with van der Waals surface area (Å²) in [6.07, 6.45) is 5.78. The normalized spacial score (nSPS) is 24.7. The summed E-state index contributed by atoms with van der Waals surface area (Å²) in [5.74, 6) is 0.106. The number of hydrogen-bond acceptors (Lipinski definition) is 4. The summed E-state index contributed by atoms with van der Waals surface area (Å²) in [5, 5.41) is 3.01. The Bertz CT molecular complexity index is 673. The third-order valence-electron chi connectivity index (χ3n) is 5.93. The lowest BCUT2D eigenvalue weighted by Gasteiger charge is -2.41. The van der Waals surface area contributed by atoms with E-state index < -0.39 is 5.60 Å². The smallest absolute Gasteiger partial charge is 0.407 e. The maximum atomic E-state index is 14.2. The van der Waals surface area contributed by atoms with Crippen LogP contribution >= 0.6 is 0 Å². The number of carbonyl (C=O) groups is 1. The minimum Gasteiger partial charge on any atom is -0.444 e. The van der Waals surface area contributed by atoms with Gasteiger partial charge in [0, 0.05) is 17.8 Å². The molecule has 1 heterocycles. The van der Waals surface area contributed by atoms with Gasteiger partial charge in [0.25, 0.3) is 0 Å². The number of nitrogens with zero attached hydrogens (tertiary/aromatic N) is 1. The fourth-order valence-electron chi connectivity index (χ4n) is 4.51. The zero-order chi connectivity index (χ0) is 20.3. The van der Waals surface area contributed by atoms with Gasteiger partial charge in [0.05, 0.1) is 0 Å². The fourth-order valence-corrected chi connectivity index (χ4v) is 4.51.